The van der Waals surface area contributed by atoms with Crippen LogP contribution in [0.4, 0.5) is 10.1 Å². The second-order valence-electron chi connectivity index (χ2n) is 9.36. The van der Waals surface area contributed by atoms with Crippen molar-refractivity contribution in [1.82, 2.24) is 4.57 Å². The molecule has 9 nitrogen and oxygen atoms in total. The molecule has 2 N–H and O–H groups in total. The highest BCUT2D eigenvalue weighted by Crippen LogP contribution is 2.44. The molecule has 3 fully saturated rings. The highest BCUT2D eigenvalue weighted by Gasteiger charge is 2.43. The second-order valence-corrected chi connectivity index (χ2v) is 9.36. The van der Waals surface area contributed by atoms with Crippen molar-refractivity contribution in [3.05, 3.63) is 33.9 Å². The number of hydrogen-bond acceptors (Lipinski definition) is 8. The summed E-state index contributed by atoms with van der Waals surface area (Å²) >= 11 is 0. The van der Waals surface area contributed by atoms with Crippen LogP contribution in [0, 0.1) is 11.7 Å². The molecule has 3 atom stereocenters. The maximum Gasteiger partial charge on any atom is 0.324 e. The summed E-state index contributed by atoms with van der Waals surface area (Å²) in [5.74, 6) is -4.62. The van der Waals surface area contributed by atoms with Gasteiger partial charge in [0.2, 0.25) is 0 Å². The first-order chi connectivity index (χ1) is 16.2. The lowest BCUT2D eigenvalue weighted by Crippen LogP contribution is -2.43. The molecule has 11 heteroatoms. The van der Waals surface area contributed by atoms with Gasteiger partial charge in [-0.05, 0) is 32.3 Å². The number of anilines is 1. The van der Waals surface area contributed by atoms with E-state index >= 15 is 4.39 Å². The number of cyclic esters (lactones) is 1. The quantitative estimate of drug-likeness (QED) is 0.371. The van der Waals surface area contributed by atoms with E-state index in [9.17, 15) is 19.2 Å². The highest BCUT2D eigenvalue weighted by atomic mass is 35.5. The van der Waals surface area contributed by atoms with Crippen LogP contribution in [0.1, 0.15) is 49.0 Å². The molecule has 3 unspecified atom stereocenters. The molecule has 3 aliphatic rings. The van der Waals surface area contributed by atoms with Crippen molar-refractivity contribution in [2.45, 2.75) is 50.8 Å². The molecule has 35 heavy (non-hydrogen) atoms. The number of nitrogens with two attached hydrogens (primary N) is 1. The summed E-state index contributed by atoms with van der Waals surface area (Å²) in [4.78, 5) is 53.3. The predicted molar refractivity (Wildman–Crippen MR) is 128 cm³/mol. The lowest BCUT2D eigenvalue weighted by molar-refractivity contribution is -0.160. The number of Topliss-reactive ketones (excluding diaryl/α,β-unsaturated/α-hetero) is 2. The van der Waals surface area contributed by atoms with E-state index < -0.39 is 40.8 Å². The van der Waals surface area contributed by atoms with Crippen LogP contribution < -0.4 is 20.8 Å². The van der Waals surface area contributed by atoms with Crippen LogP contribution in [0.15, 0.2) is 17.1 Å². The van der Waals surface area contributed by atoms with E-state index in [1.165, 1.54) is 13.3 Å². The summed E-state index contributed by atoms with van der Waals surface area (Å²) in [7, 11) is 1.41. The first-order valence-corrected chi connectivity index (χ1v) is 11.4. The molecule has 3 heterocycles. The SMILES string of the molecule is COc1c(N2CCC(N)C2)c(F)cc2c(=O)c(C(=O)C3C(=O)CC(C)OC3=O)cn(C3CC3)c12.Cl. The average Bonchev–Trinajstić information content (AvgIpc) is 3.53. The van der Waals surface area contributed by atoms with E-state index in [-0.39, 0.29) is 53.3 Å². The first kappa shape index (κ1) is 25.1. The van der Waals surface area contributed by atoms with E-state index in [1.807, 2.05) is 0 Å². The van der Waals surface area contributed by atoms with Crippen LogP contribution in [0.2, 0.25) is 0 Å². The minimum absolute atomic E-state index is 0. The number of aromatic nitrogens is 1. The van der Waals surface area contributed by atoms with Crippen LogP contribution in [0.3, 0.4) is 0 Å². The number of ketones is 2. The summed E-state index contributed by atoms with van der Waals surface area (Å²) in [6.45, 7) is 2.56. The van der Waals surface area contributed by atoms with Gasteiger partial charge in [-0.1, -0.05) is 0 Å². The van der Waals surface area contributed by atoms with Gasteiger partial charge in [-0.2, -0.15) is 0 Å². The summed E-state index contributed by atoms with van der Waals surface area (Å²) in [5, 5.41) is -0.0376. The smallest absolute Gasteiger partial charge is 0.324 e. The van der Waals surface area contributed by atoms with Gasteiger partial charge in [0, 0.05) is 37.8 Å². The van der Waals surface area contributed by atoms with Crippen LogP contribution >= 0.6 is 12.4 Å². The number of benzene rings is 1. The number of halogens is 2. The Labute approximate surface area is 206 Å². The van der Waals surface area contributed by atoms with Gasteiger partial charge < -0.3 is 24.7 Å². The fourth-order valence-electron chi connectivity index (χ4n) is 4.99. The van der Waals surface area contributed by atoms with Gasteiger partial charge in [-0.15, -0.1) is 12.4 Å². The van der Waals surface area contributed by atoms with Crippen molar-refractivity contribution in [1.29, 1.82) is 0 Å². The molecule has 2 aromatic rings. The zero-order chi connectivity index (χ0) is 24.3. The molecule has 5 rings (SSSR count). The Morgan fingerprint density at radius 3 is 2.51 bits per heavy atom. The summed E-state index contributed by atoms with van der Waals surface area (Å²) in [6, 6.07) is 0.996. The van der Waals surface area contributed by atoms with Gasteiger partial charge in [0.05, 0.1) is 23.6 Å². The van der Waals surface area contributed by atoms with Crippen molar-refractivity contribution >= 4 is 46.5 Å². The molecule has 0 radical (unpaired) electrons. The molecule has 1 saturated carbocycles. The largest absolute Gasteiger partial charge is 0.492 e. The normalized spacial score (nSPS) is 24.3. The fourth-order valence-corrected chi connectivity index (χ4v) is 4.99. The number of esters is 1. The number of pyridine rings is 1. The van der Waals surface area contributed by atoms with Gasteiger partial charge in [0.25, 0.3) is 0 Å². The van der Waals surface area contributed by atoms with Crippen LogP contribution in [0.25, 0.3) is 10.9 Å². The van der Waals surface area contributed by atoms with Gasteiger partial charge >= 0.3 is 5.97 Å². The van der Waals surface area contributed by atoms with Gasteiger partial charge in [-0.3, -0.25) is 19.2 Å². The first-order valence-electron chi connectivity index (χ1n) is 11.4. The van der Waals surface area contributed by atoms with Gasteiger partial charge in [0.15, 0.2) is 34.5 Å². The van der Waals surface area contributed by atoms with Crippen molar-refractivity contribution in [2.24, 2.45) is 11.7 Å². The van der Waals surface area contributed by atoms with E-state index in [1.54, 1.807) is 16.4 Å². The lowest BCUT2D eigenvalue weighted by Gasteiger charge is -2.25. The molecule has 0 amide bonds. The zero-order valence-corrected chi connectivity index (χ0v) is 20.2. The molecular formula is C24H27ClFN3O6. The molecule has 0 bridgehead atoms. The minimum Gasteiger partial charge on any atom is -0.492 e. The van der Waals surface area contributed by atoms with Crippen LogP contribution in [-0.2, 0) is 14.3 Å². The zero-order valence-electron chi connectivity index (χ0n) is 19.4. The number of hydrogen-bond donors (Lipinski definition) is 1. The molecule has 2 aliphatic heterocycles. The van der Waals surface area contributed by atoms with Crippen molar-refractivity contribution in [3.8, 4) is 5.75 Å². The Bertz CT molecular complexity index is 1270. The molecular weight excluding hydrogens is 481 g/mol. The topological polar surface area (TPSA) is 121 Å². The Morgan fingerprint density at radius 1 is 1.23 bits per heavy atom. The molecule has 1 aromatic carbocycles. The number of carbonyl (C=O) groups excluding carboxylic acids is 3. The number of fused-ring (bicyclic) bond motifs is 1. The Kier molecular flexibility index (Phi) is 6.63. The Morgan fingerprint density at radius 2 is 1.94 bits per heavy atom. The molecule has 188 valence electrons. The standard InChI is InChI=1S/C24H26FN3O6.ClH/c1-11-7-17(29)18(24(32)34-11)22(31)15-10-28(13-3-4-13)19-14(21(15)30)8-16(25)20(23(19)33-2)27-6-5-12(26)9-27;/h8,10-13,18H,3-7,9,26H2,1-2H3;1H. The maximum atomic E-state index is 15.4. The number of ether oxygens (including phenoxy) is 2. The summed E-state index contributed by atoms with van der Waals surface area (Å²) < 4.78 is 27.9. The third-order valence-corrected chi connectivity index (χ3v) is 6.77. The minimum atomic E-state index is -1.69. The third-order valence-electron chi connectivity index (χ3n) is 6.77. The average molecular weight is 508 g/mol. The third kappa shape index (κ3) is 4.18. The molecule has 1 aliphatic carbocycles. The van der Waals surface area contributed by atoms with Gasteiger partial charge in [0.1, 0.15) is 11.8 Å². The number of nitrogens with zero attached hydrogens (tertiary/aromatic N) is 2. The highest BCUT2D eigenvalue weighted by molar-refractivity contribution is 6.23. The van der Waals surface area contributed by atoms with E-state index in [0.29, 0.717) is 25.0 Å². The van der Waals surface area contributed by atoms with Crippen molar-refractivity contribution < 1.29 is 28.2 Å². The van der Waals surface area contributed by atoms with E-state index in [0.717, 1.165) is 18.9 Å². The molecule has 1 aromatic heterocycles. The van der Waals surface area contributed by atoms with Crippen LogP contribution in [-0.4, -0.2) is 54.4 Å². The van der Waals surface area contributed by atoms with Crippen molar-refractivity contribution in [3.63, 3.8) is 0 Å². The number of methoxy groups -OCH3 is 1. The Hall–Kier alpha value is -2.98. The van der Waals surface area contributed by atoms with E-state index in [2.05, 4.69) is 0 Å². The fraction of sp³-hybridized carbons (Fsp3) is 0.500. The summed E-state index contributed by atoms with van der Waals surface area (Å²) in [5.41, 5.74) is 5.55. The monoisotopic (exact) mass is 507 g/mol. The second kappa shape index (κ2) is 9.23. The summed E-state index contributed by atoms with van der Waals surface area (Å²) in [6.07, 6.45) is 2.96. The lowest BCUT2D eigenvalue weighted by atomic mass is 9.89. The van der Waals surface area contributed by atoms with Crippen LogP contribution in [0.5, 0.6) is 5.75 Å². The maximum absolute atomic E-state index is 15.4. The van der Waals surface area contributed by atoms with E-state index in [4.69, 9.17) is 15.2 Å². The Balaban J connectivity index is 0.00000289. The van der Waals surface area contributed by atoms with Crippen molar-refractivity contribution in [2.75, 3.05) is 25.1 Å². The number of rotatable bonds is 5. The predicted octanol–water partition coefficient (Wildman–Crippen LogP) is 2.15. The number of carbonyl (C=O) groups is 3. The van der Waals surface area contributed by atoms with Gasteiger partial charge in [-0.25, -0.2) is 4.39 Å². The molecule has 2 saturated heterocycles. The molecule has 0 spiro atoms.